The van der Waals surface area contributed by atoms with E-state index >= 15 is 0 Å². The van der Waals surface area contributed by atoms with E-state index in [1.54, 1.807) is 11.7 Å². The van der Waals surface area contributed by atoms with Crippen LogP contribution in [0.5, 0.6) is 0 Å². The van der Waals surface area contributed by atoms with Crippen molar-refractivity contribution in [1.82, 2.24) is 19.3 Å². The molecule has 1 aromatic carbocycles. The summed E-state index contributed by atoms with van der Waals surface area (Å²) in [5.41, 5.74) is 0.960. The Labute approximate surface area is 193 Å². The first-order valence-electron chi connectivity index (χ1n) is 11.5. The Morgan fingerprint density at radius 1 is 1.26 bits per heavy atom. The van der Waals surface area contributed by atoms with Crippen LogP contribution in [0.4, 0.5) is 24.9 Å². The fourth-order valence-corrected chi connectivity index (χ4v) is 5.35. The number of ether oxygens (including phenoxy) is 1. The number of hydrogen-bond acceptors (Lipinski definition) is 6. The summed E-state index contributed by atoms with van der Waals surface area (Å²) in [7, 11) is 1.76. The molecule has 1 unspecified atom stereocenters. The van der Waals surface area contributed by atoms with Crippen molar-refractivity contribution in [3.63, 3.8) is 0 Å². The Balaban J connectivity index is 1.36. The molecule has 180 valence electrons. The molecule has 0 spiro atoms. The van der Waals surface area contributed by atoms with E-state index < -0.39 is 12.2 Å². The predicted octanol–water partition coefficient (Wildman–Crippen LogP) is 2.92. The molecule has 0 bridgehead atoms. The van der Waals surface area contributed by atoms with E-state index in [0.717, 1.165) is 23.9 Å². The molecule has 1 aliphatic carbocycles. The highest BCUT2D eigenvalue weighted by atomic mass is 19.4. The number of benzene rings is 1. The molecular weight excluding hydrogens is 449 g/mol. The molecule has 34 heavy (non-hydrogen) atoms. The van der Waals surface area contributed by atoms with Crippen LogP contribution < -0.4 is 15.8 Å². The topological polar surface area (TPSA) is 77.2 Å². The van der Waals surface area contributed by atoms with Gasteiger partial charge in [0.25, 0.3) is 5.56 Å². The molecule has 2 aromatic heterocycles. The van der Waals surface area contributed by atoms with Gasteiger partial charge in [0.05, 0.1) is 30.5 Å². The summed E-state index contributed by atoms with van der Waals surface area (Å²) in [6.45, 7) is 1.07. The molecule has 1 N–H and O–H groups in total. The standard InChI is InChI=1S/C23H25F3N6O2/c1-30-17-5-3-2-4-14(17)16(29-30)11-32-19(23(24,25)26)6-7-31-21(33)9-20(28-22(31)32)27-10-18-15-8-13(15)12-34-18/h2-5,9,13,15,18-19,27H,6-8,10-12H2,1H3/t13-,15?,18+,19-/m0/s1. The lowest BCUT2D eigenvalue weighted by molar-refractivity contribution is -0.153. The van der Waals surface area contributed by atoms with Crippen molar-refractivity contribution >= 4 is 22.7 Å². The van der Waals surface area contributed by atoms with Crippen molar-refractivity contribution in [2.24, 2.45) is 18.9 Å². The normalized spacial score (nSPS) is 25.9. The van der Waals surface area contributed by atoms with E-state index in [-0.39, 0.29) is 42.9 Å². The minimum absolute atomic E-state index is 0.00921. The number of para-hydroxylation sites is 1. The SMILES string of the molecule is Cn1nc(CN2c3nc(NC[C@H]4OC[C@@H]5CC54)cc(=O)n3CC[C@H]2C(F)(F)F)c2ccccc21. The van der Waals surface area contributed by atoms with Gasteiger partial charge in [-0.3, -0.25) is 14.0 Å². The molecule has 2 aliphatic heterocycles. The first-order valence-corrected chi connectivity index (χ1v) is 11.5. The number of halogens is 3. The molecule has 6 rings (SSSR count). The van der Waals surface area contributed by atoms with Crippen LogP contribution in [0.2, 0.25) is 0 Å². The van der Waals surface area contributed by atoms with Crippen LogP contribution >= 0.6 is 0 Å². The van der Waals surface area contributed by atoms with Crippen LogP contribution in [0.25, 0.3) is 10.9 Å². The molecule has 4 heterocycles. The van der Waals surface area contributed by atoms with E-state index in [9.17, 15) is 18.0 Å². The molecule has 1 saturated heterocycles. The van der Waals surface area contributed by atoms with Gasteiger partial charge in [0.15, 0.2) is 0 Å². The minimum atomic E-state index is -4.48. The van der Waals surface area contributed by atoms with Crippen LogP contribution in [0.15, 0.2) is 35.1 Å². The van der Waals surface area contributed by atoms with Crippen molar-refractivity contribution in [2.75, 3.05) is 23.4 Å². The van der Waals surface area contributed by atoms with E-state index in [1.165, 1.54) is 15.5 Å². The summed E-state index contributed by atoms with van der Waals surface area (Å²) in [6.07, 6.45) is -3.51. The fraction of sp³-hybridized carbons (Fsp3) is 0.522. The fourth-order valence-electron chi connectivity index (χ4n) is 5.35. The van der Waals surface area contributed by atoms with Crippen LogP contribution in [0.1, 0.15) is 18.5 Å². The highest BCUT2D eigenvalue weighted by Gasteiger charge is 2.49. The lowest BCUT2D eigenvalue weighted by Gasteiger charge is -2.38. The number of nitrogens with one attached hydrogen (secondary N) is 1. The number of aryl methyl sites for hydroxylation is 1. The zero-order chi connectivity index (χ0) is 23.6. The van der Waals surface area contributed by atoms with Gasteiger partial charge in [-0.1, -0.05) is 18.2 Å². The van der Waals surface area contributed by atoms with E-state index in [4.69, 9.17) is 4.74 Å². The van der Waals surface area contributed by atoms with E-state index in [2.05, 4.69) is 15.4 Å². The second-order valence-corrected chi connectivity index (χ2v) is 9.41. The van der Waals surface area contributed by atoms with Crippen LogP contribution in [0, 0.1) is 11.8 Å². The first kappa shape index (κ1) is 21.5. The second-order valence-electron chi connectivity index (χ2n) is 9.41. The monoisotopic (exact) mass is 474 g/mol. The molecule has 11 heteroatoms. The number of hydrogen-bond donors (Lipinski definition) is 1. The van der Waals surface area contributed by atoms with Gasteiger partial charge in [0, 0.05) is 31.6 Å². The third-order valence-electron chi connectivity index (χ3n) is 7.24. The van der Waals surface area contributed by atoms with Gasteiger partial charge in [-0.2, -0.15) is 23.3 Å². The van der Waals surface area contributed by atoms with Gasteiger partial charge < -0.3 is 15.0 Å². The minimum Gasteiger partial charge on any atom is -0.376 e. The number of rotatable bonds is 5. The van der Waals surface area contributed by atoms with Gasteiger partial charge >= 0.3 is 6.18 Å². The lowest BCUT2D eigenvalue weighted by atomic mass is 10.1. The molecule has 4 atom stereocenters. The van der Waals surface area contributed by atoms with E-state index in [0.29, 0.717) is 24.1 Å². The maximum Gasteiger partial charge on any atom is 0.408 e. The average Bonchev–Trinajstić information content (AvgIpc) is 3.37. The highest BCUT2D eigenvalue weighted by molar-refractivity contribution is 5.82. The van der Waals surface area contributed by atoms with Gasteiger partial charge in [-0.15, -0.1) is 0 Å². The first-order chi connectivity index (χ1) is 16.3. The Kier molecular flexibility index (Phi) is 4.87. The Morgan fingerprint density at radius 2 is 2.09 bits per heavy atom. The summed E-state index contributed by atoms with van der Waals surface area (Å²) in [6, 6.07) is 7.00. The Bertz CT molecular complexity index is 1300. The molecule has 0 radical (unpaired) electrons. The maximum atomic E-state index is 14.1. The van der Waals surface area contributed by atoms with Gasteiger partial charge in [0.1, 0.15) is 11.9 Å². The van der Waals surface area contributed by atoms with Crippen molar-refractivity contribution in [3.05, 3.63) is 46.4 Å². The average molecular weight is 474 g/mol. The number of alkyl halides is 3. The Morgan fingerprint density at radius 3 is 2.82 bits per heavy atom. The number of nitrogens with zero attached hydrogens (tertiary/aromatic N) is 5. The van der Waals surface area contributed by atoms with Crippen LogP contribution in [-0.4, -0.2) is 50.8 Å². The second kappa shape index (κ2) is 7.72. The molecule has 0 amide bonds. The molecular formula is C23H25F3N6O2. The summed E-state index contributed by atoms with van der Waals surface area (Å²) >= 11 is 0. The van der Waals surface area contributed by atoms with E-state index in [1.807, 2.05) is 24.3 Å². The van der Waals surface area contributed by atoms with Gasteiger partial charge in [-0.25, -0.2) is 0 Å². The molecule has 3 aliphatic rings. The largest absolute Gasteiger partial charge is 0.408 e. The summed E-state index contributed by atoms with van der Waals surface area (Å²) in [5.74, 6) is 1.41. The Hall–Kier alpha value is -3.08. The highest BCUT2D eigenvalue weighted by Crippen LogP contribution is 2.48. The van der Waals surface area contributed by atoms with Crippen molar-refractivity contribution in [3.8, 4) is 0 Å². The molecule has 1 saturated carbocycles. The maximum absolute atomic E-state index is 14.1. The molecule has 3 aromatic rings. The smallest absolute Gasteiger partial charge is 0.376 e. The van der Waals surface area contributed by atoms with Crippen molar-refractivity contribution < 1.29 is 17.9 Å². The summed E-state index contributed by atoms with van der Waals surface area (Å²) in [4.78, 5) is 18.5. The number of anilines is 2. The number of aromatic nitrogens is 4. The molecule has 8 nitrogen and oxygen atoms in total. The molecule has 2 fully saturated rings. The summed E-state index contributed by atoms with van der Waals surface area (Å²) in [5, 5.41) is 8.38. The third kappa shape index (κ3) is 3.62. The van der Waals surface area contributed by atoms with Crippen LogP contribution in [0.3, 0.4) is 0 Å². The lowest BCUT2D eigenvalue weighted by Crippen LogP contribution is -2.52. The number of fused-ring (bicyclic) bond motifs is 3. The third-order valence-corrected chi connectivity index (χ3v) is 7.24. The quantitative estimate of drug-likeness (QED) is 0.613. The van der Waals surface area contributed by atoms with Gasteiger partial charge in [-0.05, 0) is 30.7 Å². The predicted molar refractivity (Wildman–Crippen MR) is 120 cm³/mol. The zero-order valence-electron chi connectivity index (χ0n) is 18.6. The van der Waals surface area contributed by atoms with Crippen molar-refractivity contribution in [1.29, 1.82) is 0 Å². The zero-order valence-corrected chi connectivity index (χ0v) is 18.6. The summed E-state index contributed by atoms with van der Waals surface area (Å²) < 4.78 is 51.0. The van der Waals surface area contributed by atoms with Gasteiger partial charge in [0.2, 0.25) is 5.95 Å². The van der Waals surface area contributed by atoms with Crippen molar-refractivity contribution in [2.45, 2.75) is 44.3 Å². The van der Waals surface area contributed by atoms with Crippen LogP contribution in [-0.2, 0) is 24.9 Å².